The first kappa shape index (κ1) is 31.0. The number of hydrogen-bond acceptors (Lipinski definition) is 10. The number of carbonyl (C=O) groups excluding carboxylic acids is 3. The molecule has 3 atom stereocenters. The summed E-state index contributed by atoms with van der Waals surface area (Å²) in [5, 5.41) is 21.5. The fourth-order valence-corrected chi connectivity index (χ4v) is 5.94. The Morgan fingerprint density at radius 3 is 1.98 bits per heavy atom. The number of nitrogens with zero attached hydrogens (tertiary/aromatic N) is 5. The quantitative estimate of drug-likeness (QED) is 0.231. The second-order valence-electron chi connectivity index (χ2n) is 11.3. The van der Waals surface area contributed by atoms with Gasteiger partial charge in [0.05, 0.1) is 9.85 Å². The van der Waals surface area contributed by atoms with Crippen LogP contribution in [0.5, 0.6) is 0 Å². The lowest BCUT2D eigenvalue weighted by Crippen LogP contribution is -2.47. The zero-order valence-corrected chi connectivity index (χ0v) is 24.8. The third-order valence-corrected chi connectivity index (χ3v) is 8.47. The molecular formula is C29H33N5O9S. The van der Waals surface area contributed by atoms with Crippen molar-refractivity contribution in [2.24, 2.45) is 5.92 Å². The van der Waals surface area contributed by atoms with E-state index < -0.39 is 28.1 Å². The molecule has 5 rings (SSSR count). The third kappa shape index (κ3) is 7.56. The molecule has 0 aromatic heterocycles. The topological polar surface area (TPSA) is 166 Å². The molecule has 0 N–H and O–H groups in total. The van der Waals surface area contributed by atoms with Crippen LogP contribution >= 0.6 is 12.6 Å². The van der Waals surface area contributed by atoms with Crippen molar-refractivity contribution in [1.29, 1.82) is 0 Å². The van der Waals surface area contributed by atoms with E-state index in [1.54, 1.807) is 21.9 Å². The molecule has 3 amide bonds. The molecule has 2 heterocycles. The van der Waals surface area contributed by atoms with Gasteiger partial charge in [-0.2, -0.15) is 12.6 Å². The molecule has 3 aliphatic rings. The average molecular weight is 628 g/mol. The summed E-state index contributed by atoms with van der Waals surface area (Å²) in [4.78, 5) is 65.0. The molecule has 0 unspecified atom stereocenters. The number of carbonyl (C=O) groups is 3. The molecule has 0 spiro atoms. The monoisotopic (exact) mass is 627 g/mol. The lowest BCUT2D eigenvalue weighted by Gasteiger charge is -2.28. The molecule has 44 heavy (non-hydrogen) atoms. The van der Waals surface area contributed by atoms with Gasteiger partial charge in [-0.3, -0.25) is 29.9 Å². The number of nitro benzene ring substituents is 2. The third-order valence-electron chi connectivity index (χ3n) is 8.09. The summed E-state index contributed by atoms with van der Waals surface area (Å²) in [6.45, 7) is 1.54. The summed E-state index contributed by atoms with van der Waals surface area (Å²) >= 11 is 4.51. The molecule has 0 radical (unpaired) electrons. The van der Waals surface area contributed by atoms with Crippen molar-refractivity contribution < 1.29 is 33.7 Å². The van der Waals surface area contributed by atoms with Gasteiger partial charge >= 0.3 is 12.2 Å². The van der Waals surface area contributed by atoms with Crippen LogP contribution in [0, 0.1) is 26.1 Å². The molecule has 2 saturated heterocycles. The maximum absolute atomic E-state index is 13.6. The maximum atomic E-state index is 13.6. The van der Waals surface area contributed by atoms with Crippen LogP contribution in [0.15, 0.2) is 48.5 Å². The molecule has 0 bridgehead atoms. The Kier molecular flexibility index (Phi) is 9.52. The lowest BCUT2D eigenvalue weighted by atomic mass is 10.1. The molecule has 2 aromatic carbocycles. The van der Waals surface area contributed by atoms with Crippen molar-refractivity contribution in [2.45, 2.75) is 56.2 Å². The number of hydrogen-bond donors (Lipinski definition) is 1. The minimum atomic E-state index is -0.716. The molecule has 1 aliphatic carbocycles. The summed E-state index contributed by atoms with van der Waals surface area (Å²) in [6, 6.07) is 10.9. The molecule has 2 aromatic rings. The molecular weight excluding hydrogens is 594 g/mol. The van der Waals surface area contributed by atoms with Crippen molar-refractivity contribution >= 4 is 42.1 Å². The van der Waals surface area contributed by atoms with Crippen LogP contribution < -0.4 is 0 Å². The maximum Gasteiger partial charge on any atom is 0.410 e. The summed E-state index contributed by atoms with van der Waals surface area (Å²) in [6.07, 6.45) is 1.75. The predicted octanol–water partition coefficient (Wildman–Crippen LogP) is 4.16. The number of nitro groups is 2. The second-order valence-corrected chi connectivity index (χ2v) is 12.1. The summed E-state index contributed by atoms with van der Waals surface area (Å²) < 4.78 is 11.0. The SMILES string of the molecule is O=C([C@@H]1C[C@H](S)CN1C(=O)OCc1ccc([N+](=O)[O-])cc1)N1CC[C@H](CN(C(=O)OCc2ccc([N+](=O)[O-])cc2)C2CC2)C1. The van der Waals surface area contributed by atoms with Crippen molar-refractivity contribution in [2.75, 3.05) is 26.2 Å². The largest absolute Gasteiger partial charge is 0.445 e. The standard InChI is InChI=1S/C29H33N5O9S/c35-27(26-13-25(44)16-32(26)29(37)43-18-20-3-7-24(8-4-20)34(40)41)30-12-11-21(14-30)15-31(22-9-10-22)28(36)42-17-19-1-5-23(6-2-19)33(38)39/h1-8,21-22,25-26,44H,9-18H2/t21-,25-,26-/m0/s1. The molecule has 234 valence electrons. The number of amides is 3. The van der Waals surface area contributed by atoms with Gasteiger partial charge in [-0.1, -0.05) is 0 Å². The van der Waals surface area contributed by atoms with Gasteiger partial charge in [-0.15, -0.1) is 0 Å². The summed E-state index contributed by atoms with van der Waals surface area (Å²) in [5.41, 5.74) is 1.13. The zero-order valence-electron chi connectivity index (χ0n) is 23.9. The molecule has 14 nitrogen and oxygen atoms in total. The number of benzene rings is 2. The van der Waals surface area contributed by atoms with Gasteiger partial charge in [0.15, 0.2) is 0 Å². The van der Waals surface area contributed by atoms with Gasteiger partial charge in [-0.05, 0) is 67.0 Å². The van der Waals surface area contributed by atoms with Crippen LogP contribution in [0.3, 0.4) is 0 Å². The Hall–Kier alpha value is -4.40. The minimum absolute atomic E-state index is 0.00196. The molecule has 15 heteroatoms. The van der Waals surface area contributed by atoms with E-state index in [2.05, 4.69) is 12.6 Å². The predicted molar refractivity (Wildman–Crippen MR) is 159 cm³/mol. The summed E-state index contributed by atoms with van der Waals surface area (Å²) in [5.74, 6) is -0.141. The van der Waals surface area contributed by atoms with Crippen LogP contribution in [0.1, 0.15) is 36.8 Å². The van der Waals surface area contributed by atoms with Crippen LogP contribution in [0.25, 0.3) is 0 Å². The Balaban J connectivity index is 1.12. The van der Waals surface area contributed by atoms with Gasteiger partial charge in [-0.25, -0.2) is 9.59 Å². The van der Waals surface area contributed by atoms with Crippen LogP contribution in [0.4, 0.5) is 21.0 Å². The molecule has 2 aliphatic heterocycles. The molecule has 3 fully saturated rings. The average Bonchev–Trinajstić information content (AvgIpc) is 3.61. The van der Waals surface area contributed by atoms with Crippen molar-refractivity contribution in [3.05, 3.63) is 79.9 Å². The highest BCUT2D eigenvalue weighted by atomic mass is 32.1. The van der Waals surface area contributed by atoms with Gasteiger partial charge in [0.1, 0.15) is 19.3 Å². The van der Waals surface area contributed by atoms with Gasteiger partial charge in [0.25, 0.3) is 11.4 Å². The summed E-state index contributed by atoms with van der Waals surface area (Å²) in [7, 11) is 0. The van der Waals surface area contributed by atoms with E-state index in [0.29, 0.717) is 43.6 Å². The minimum Gasteiger partial charge on any atom is -0.445 e. The van der Waals surface area contributed by atoms with Gasteiger partial charge in [0.2, 0.25) is 5.91 Å². The van der Waals surface area contributed by atoms with E-state index in [4.69, 9.17) is 9.47 Å². The highest BCUT2D eigenvalue weighted by Gasteiger charge is 2.43. The van der Waals surface area contributed by atoms with Gasteiger partial charge < -0.3 is 19.3 Å². The van der Waals surface area contributed by atoms with E-state index in [-0.39, 0.29) is 54.3 Å². The van der Waals surface area contributed by atoms with Crippen LogP contribution in [-0.2, 0) is 27.5 Å². The van der Waals surface area contributed by atoms with E-state index in [1.807, 2.05) is 0 Å². The Bertz CT molecular complexity index is 1400. The van der Waals surface area contributed by atoms with E-state index in [0.717, 1.165) is 12.8 Å². The van der Waals surface area contributed by atoms with Crippen molar-refractivity contribution in [1.82, 2.24) is 14.7 Å². The van der Waals surface area contributed by atoms with Crippen molar-refractivity contribution in [3.63, 3.8) is 0 Å². The van der Waals surface area contributed by atoms with Gasteiger partial charge in [0, 0.05) is 61.7 Å². The Morgan fingerprint density at radius 2 is 1.43 bits per heavy atom. The first-order valence-electron chi connectivity index (χ1n) is 14.4. The van der Waals surface area contributed by atoms with Crippen molar-refractivity contribution in [3.8, 4) is 0 Å². The normalized spacial score (nSPS) is 21.2. The van der Waals surface area contributed by atoms with Crippen LogP contribution in [0.2, 0.25) is 0 Å². The highest BCUT2D eigenvalue weighted by molar-refractivity contribution is 7.81. The first-order chi connectivity index (χ1) is 21.1. The fraction of sp³-hybridized carbons (Fsp3) is 0.483. The molecule has 1 saturated carbocycles. The number of non-ortho nitro benzene ring substituents is 2. The highest BCUT2D eigenvalue weighted by Crippen LogP contribution is 2.32. The van der Waals surface area contributed by atoms with E-state index in [1.165, 1.54) is 41.3 Å². The zero-order chi connectivity index (χ0) is 31.4. The Labute approximate surface area is 258 Å². The van der Waals surface area contributed by atoms with Crippen LogP contribution in [-0.4, -0.2) is 86.2 Å². The van der Waals surface area contributed by atoms with E-state index >= 15 is 0 Å². The van der Waals surface area contributed by atoms with E-state index in [9.17, 15) is 34.6 Å². The number of likely N-dealkylation sites (tertiary alicyclic amines) is 2. The number of rotatable bonds is 10. The smallest absolute Gasteiger partial charge is 0.410 e. The first-order valence-corrected chi connectivity index (χ1v) is 14.9. The second kappa shape index (κ2) is 13.5. The number of thiol groups is 1. The lowest BCUT2D eigenvalue weighted by molar-refractivity contribution is -0.385. The Morgan fingerprint density at radius 1 is 0.864 bits per heavy atom. The number of ether oxygens (including phenoxy) is 2. The fourth-order valence-electron chi connectivity index (χ4n) is 5.56.